The van der Waals surface area contributed by atoms with Gasteiger partial charge in [-0.3, -0.25) is 0 Å². The summed E-state index contributed by atoms with van der Waals surface area (Å²) in [5.74, 6) is -0.999. The van der Waals surface area contributed by atoms with Crippen LogP contribution in [0.1, 0.15) is 38.8 Å². The zero-order valence-corrected chi connectivity index (χ0v) is 35.2. The predicted octanol–water partition coefficient (Wildman–Crippen LogP) is -4.06. The fourth-order valence-electron chi connectivity index (χ4n) is 3.71. The van der Waals surface area contributed by atoms with Crippen LogP contribution in [0.15, 0.2) is 46.2 Å². The van der Waals surface area contributed by atoms with E-state index in [0.29, 0.717) is 0 Å². The van der Waals surface area contributed by atoms with Gasteiger partial charge in [0.25, 0.3) is 0 Å². The van der Waals surface area contributed by atoms with E-state index in [9.17, 15) is 25.9 Å². The van der Waals surface area contributed by atoms with E-state index < -0.39 is 30.0 Å². The Bertz CT molecular complexity index is 1810. The van der Waals surface area contributed by atoms with Gasteiger partial charge in [0.15, 0.2) is 0 Å². The molecule has 0 saturated carbocycles. The van der Waals surface area contributed by atoms with Crippen LogP contribution >= 0.6 is 0 Å². The van der Waals surface area contributed by atoms with Crippen LogP contribution in [0.5, 0.6) is 0 Å². The second kappa shape index (κ2) is 23.4. The second-order valence-electron chi connectivity index (χ2n) is 9.31. The average molecular weight is 781 g/mol. The van der Waals surface area contributed by atoms with Gasteiger partial charge in [-0.2, -0.15) is 29.9 Å². The van der Waals surface area contributed by atoms with E-state index in [-0.39, 0.29) is 117 Å². The summed E-state index contributed by atoms with van der Waals surface area (Å²) in [5, 5.41) is 5.31. The van der Waals surface area contributed by atoms with Gasteiger partial charge in [-0.25, -0.2) is 16.8 Å². The number of nitrogen functional groups attached to an aromatic ring is 4. The number of aromatic nitrogens is 6. The molecule has 0 radical (unpaired) electrons. The maximum absolute atomic E-state index is 12.0. The first-order chi connectivity index (χ1) is 23.5. The molecule has 20 nitrogen and oxygen atoms in total. The molecule has 52 heavy (non-hydrogen) atoms. The Hall–Kier alpha value is -3.26. The van der Waals surface area contributed by atoms with Crippen molar-refractivity contribution >= 4 is 79.5 Å². The molecule has 0 aliphatic heterocycles. The number of nitrogens with one attached hydrogen (secondary N) is 2. The van der Waals surface area contributed by atoms with Gasteiger partial charge in [0.2, 0.25) is 35.7 Å². The Balaban J connectivity index is 0.00000191. The average Bonchev–Trinajstić information content (AvgIpc) is 3.00. The fourth-order valence-corrected chi connectivity index (χ4v) is 5.10. The first kappa shape index (κ1) is 48.7. The van der Waals surface area contributed by atoms with Gasteiger partial charge in [0, 0.05) is 37.8 Å². The van der Waals surface area contributed by atoms with Crippen LogP contribution < -0.4 is 92.7 Å². The van der Waals surface area contributed by atoms with E-state index in [2.05, 4.69) is 40.5 Å². The van der Waals surface area contributed by atoms with E-state index in [0.717, 1.165) is 50.7 Å². The minimum absolute atomic E-state index is 0. The molecule has 0 atom stereocenters. The van der Waals surface area contributed by atoms with Crippen molar-refractivity contribution in [2.24, 2.45) is 0 Å². The third-order valence-electron chi connectivity index (χ3n) is 5.68. The van der Waals surface area contributed by atoms with Gasteiger partial charge in [0.1, 0.15) is 20.2 Å². The Labute approximate surface area is 346 Å². The minimum Gasteiger partial charge on any atom is -0.744 e. The van der Waals surface area contributed by atoms with Gasteiger partial charge in [-0.1, -0.05) is 24.3 Å². The molecule has 0 unspecified atom stereocenters. The van der Waals surface area contributed by atoms with E-state index in [1.807, 2.05) is 27.7 Å². The van der Waals surface area contributed by atoms with Gasteiger partial charge in [0.05, 0.1) is 9.79 Å². The maximum Gasteiger partial charge on any atom is 1.00 e. The van der Waals surface area contributed by atoms with Crippen LogP contribution in [0.2, 0.25) is 0 Å². The third kappa shape index (κ3) is 17.0. The van der Waals surface area contributed by atoms with Crippen LogP contribution in [-0.2, 0) is 29.7 Å². The van der Waals surface area contributed by atoms with Crippen LogP contribution in [0.3, 0.4) is 0 Å². The molecule has 0 fully saturated rings. The van der Waals surface area contributed by atoms with E-state index in [1.165, 1.54) is 24.3 Å². The molecular weight excluding hydrogens is 742 g/mol. The van der Waals surface area contributed by atoms with Crippen molar-refractivity contribution in [3.05, 3.63) is 47.5 Å². The molecule has 0 saturated heterocycles. The Morgan fingerprint density at radius 2 is 0.865 bits per heavy atom. The molecular formula is C28H38N12Na2O8S2. The van der Waals surface area contributed by atoms with Crippen LogP contribution in [0, 0.1) is 0 Å². The summed E-state index contributed by atoms with van der Waals surface area (Å²) >= 11 is 0. The Kier molecular flexibility index (Phi) is 21.9. The summed E-state index contributed by atoms with van der Waals surface area (Å²) in [4.78, 5) is 21.1. The van der Waals surface area contributed by atoms with Crippen molar-refractivity contribution in [2.75, 3.05) is 60.0 Å². The Morgan fingerprint density at radius 3 is 1.10 bits per heavy atom. The first-order valence-electron chi connectivity index (χ1n) is 14.6. The molecule has 0 aliphatic carbocycles. The fraction of sp³-hybridized carbons (Fsp3) is 0.286. The molecule has 2 heterocycles. The summed E-state index contributed by atoms with van der Waals surface area (Å²) in [6, 6.07) is 7.29. The third-order valence-corrected chi connectivity index (χ3v) is 7.46. The van der Waals surface area contributed by atoms with Crippen molar-refractivity contribution < 1.29 is 94.5 Å². The second-order valence-corrected chi connectivity index (χ2v) is 12.0. The molecule has 24 heteroatoms. The van der Waals surface area contributed by atoms with E-state index >= 15 is 0 Å². The molecule has 0 bridgehead atoms. The van der Waals surface area contributed by atoms with Crippen molar-refractivity contribution in [1.29, 1.82) is 0 Å². The van der Waals surface area contributed by atoms with Crippen molar-refractivity contribution in [1.82, 2.24) is 29.9 Å². The number of nitrogens with two attached hydrogens (primary N) is 4. The maximum atomic E-state index is 12.0. The summed E-state index contributed by atoms with van der Waals surface area (Å²) in [5.41, 5.74) is 22.0. The molecule has 2 aromatic carbocycles. The van der Waals surface area contributed by atoms with E-state index in [1.54, 1.807) is 0 Å². The van der Waals surface area contributed by atoms with Gasteiger partial charge >= 0.3 is 59.1 Å². The molecule has 2 aromatic heterocycles. The summed E-state index contributed by atoms with van der Waals surface area (Å²) in [6.07, 6.45) is 2.30. The molecule has 4 aromatic rings. The monoisotopic (exact) mass is 780 g/mol. The van der Waals surface area contributed by atoms with Crippen molar-refractivity contribution in [2.45, 2.75) is 37.5 Å². The zero-order valence-electron chi connectivity index (χ0n) is 29.5. The number of rotatable bonds is 12. The molecule has 10 N–H and O–H groups in total. The van der Waals surface area contributed by atoms with E-state index in [4.69, 9.17) is 32.4 Å². The number of anilines is 8. The standard InChI is InChI=1S/C20H20N12O6S2.2C4H10O.2Na/c21-15-27-16(22)30-19(29-15)25-11-5-3-9(13(7-11)39(33,34)35)1-2-10-4-6-12(8-14(10)40(36,37)38)26-20-31-17(23)28-18(24)32-20;2*1-3-5-4-2;;/h1-8H,(H,33,34,35)(H,36,37,38)(H5,21,22,25,27,29,30)(H5,23,24,26,28,31,32);2*3-4H2,1-2H3;;/q;;;2*+1/p-2/b2-1+;;;;. The Morgan fingerprint density at radius 1 is 0.577 bits per heavy atom. The zero-order chi connectivity index (χ0) is 37.5. The number of ether oxygens (including phenoxy) is 2. The number of nitrogens with zero attached hydrogens (tertiary/aromatic N) is 6. The van der Waals surface area contributed by atoms with Crippen LogP contribution in [-0.4, -0.2) is 82.3 Å². The first-order valence-corrected chi connectivity index (χ1v) is 17.4. The minimum atomic E-state index is -5.03. The van der Waals surface area contributed by atoms with Gasteiger partial charge < -0.3 is 52.1 Å². The SMILES string of the molecule is CCOCC.CCOCC.Nc1nc(N)nc(Nc2ccc(/C=C/c3ccc(Nc4nc(N)nc(N)n4)cc3S(=O)(=O)[O-])c(S(=O)(=O)[O-])c2)n1.[Na+].[Na+]. The molecule has 272 valence electrons. The number of hydrogen-bond donors (Lipinski definition) is 6. The van der Waals surface area contributed by atoms with Crippen LogP contribution in [0.25, 0.3) is 12.2 Å². The normalized spacial score (nSPS) is 10.8. The largest absolute Gasteiger partial charge is 1.00 e. The topological polar surface area (TPSA) is 338 Å². The van der Waals surface area contributed by atoms with Crippen molar-refractivity contribution in [3.8, 4) is 0 Å². The van der Waals surface area contributed by atoms with Gasteiger partial charge in [-0.15, -0.1) is 0 Å². The summed E-state index contributed by atoms with van der Waals surface area (Å²) in [7, 11) is -10.1. The molecule has 0 amide bonds. The predicted molar refractivity (Wildman–Crippen MR) is 186 cm³/mol. The quantitative estimate of drug-likeness (QED) is 0.0452. The summed E-state index contributed by atoms with van der Waals surface area (Å²) < 4.78 is 81.6. The number of hydrogen-bond acceptors (Lipinski definition) is 20. The smallest absolute Gasteiger partial charge is 0.744 e. The molecule has 0 aliphatic rings. The van der Waals surface area contributed by atoms with Crippen molar-refractivity contribution in [3.63, 3.8) is 0 Å². The number of benzene rings is 2. The molecule has 4 rings (SSSR count). The van der Waals surface area contributed by atoms with Gasteiger partial charge in [-0.05, 0) is 63.1 Å². The van der Waals surface area contributed by atoms with Crippen LogP contribution in [0.4, 0.5) is 47.1 Å². The molecule has 0 spiro atoms. The summed E-state index contributed by atoms with van der Waals surface area (Å²) in [6.45, 7) is 11.3.